The number of aliphatic hydroxyl groups excluding tert-OH is 1. The Morgan fingerprint density at radius 3 is 2.47 bits per heavy atom. The molecule has 1 aliphatic rings. The minimum absolute atomic E-state index is 0.0854. The van der Waals surface area contributed by atoms with E-state index in [0.717, 1.165) is 32.5 Å². The Kier molecular flexibility index (Phi) is 6.17. The maximum absolute atomic E-state index is 9.37. The third-order valence-electron chi connectivity index (χ3n) is 2.63. The highest BCUT2D eigenvalue weighted by atomic mass is 16.7. The van der Waals surface area contributed by atoms with Crippen molar-refractivity contribution in [1.82, 2.24) is 4.90 Å². The molecule has 0 unspecified atom stereocenters. The Bertz CT molecular complexity index is 160. The summed E-state index contributed by atoms with van der Waals surface area (Å²) in [6, 6.07) is 0. The van der Waals surface area contributed by atoms with Gasteiger partial charge in [-0.05, 0) is 20.3 Å². The van der Waals surface area contributed by atoms with Gasteiger partial charge in [0, 0.05) is 39.3 Å². The van der Waals surface area contributed by atoms with E-state index in [4.69, 9.17) is 9.47 Å². The van der Waals surface area contributed by atoms with Crippen LogP contribution in [0.4, 0.5) is 0 Å². The Labute approximate surface area is 92.2 Å². The van der Waals surface area contributed by atoms with E-state index >= 15 is 0 Å². The third-order valence-corrected chi connectivity index (χ3v) is 2.63. The van der Waals surface area contributed by atoms with Crippen LogP contribution in [-0.2, 0) is 9.47 Å². The van der Waals surface area contributed by atoms with Gasteiger partial charge in [-0.2, -0.15) is 0 Å². The van der Waals surface area contributed by atoms with Gasteiger partial charge in [0.1, 0.15) is 0 Å². The van der Waals surface area contributed by atoms with Gasteiger partial charge in [0.05, 0.1) is 6.10 Å². The highest BCUT2D eigenvalue weighted by Gasteiger charge is 2.20. The molecule has 0 saturated carbocycles. The van der Waals surface area contributed by atoms with Crippen molar-refractivity contribution in [2.75, 3.05) is 32.8 Å². The summed E-state index contributed by atoms with van der Waals surface area (Å²) in [6.07, 6.45) is 1.56. The maximum atomic E-state index is 9.37. The number of ether oxygens (including phenoxy) is 2. The number of hydrogen-bond acceptors (Lipinski definition) is 4. The number of hydrogen-bond donors (Lipinski definition) is 1. The van der Waals surface area contributed by atoms with Crippen LogP contribution >= 0.6 is 0 Å². The van der Waals surface area contributed by atoms with Crippen LogP contribution in [0.2, 0.25) is 0 Å². The lowest BCUT2D eigenvalue weighted by Crippen LogP contribution is -2.28. The average molecular weight is 217 g/mol. The molecule has 1 saturated heterocycles. The van der Waals surface area contributed by atoms with Gasteiger partial charge in [-0.25, -0.2) is 0 Å². The van der Waals surface area contributed by atoms with Crippen molar-refractivity contribution in [3.63, 3.8) is 0 Å². The van der Waals surface area contributed by atoms with Crippen molar-refractivity contribution < 1.29 is 14.6 Å². The van der Waals surface area contributed by atoms with Crippen LogP contribution in [0, 0.1) is 0 Å². The first-order chi connectivity index (χ1) is 7.26. The van der Waals surface area contributed by atoms with Gasteiger partial charge >= 0.3 is 0 Å². The summed E-state index contributed by atoms with van der Waals surface area (Å²) in [4.78, 5) is 2.26. The fourth-order valence-corrected chi connectivity index (χ4v) is 1.89. The molecule has 1 aliphatic heterocycles. The second kappa shape index (κ2) is 7.17. The highest BCUT2D eigenvalue weighted by Crippen LogP contribution is 2.11. The number of β-amino-alcohol motifs (C(OH)–C–C–N with tert-alkyl or cyclic N) is 1. The lowest BCUT2D eigenvalue weighted by Gasteiger charge is -2.20. The smallest absolute Gasteiger partial charge is 0.158 e. The number of nitrogens with zero attached hydrogens (tertiary/aromatic N) is 1. The van der Waals surface area contributed by atoms with Gasteiger partial charge in [0.15, 0.2) is 6.29 Å². The van der Waals surface area contributed by atoms with Gasteiger partial charge in [-0.3, -0.25) is 0 Å². The van der Waals surface area contributed by atoms with Crippen LogP contribution < -0.4 is 0 Å². The summed E-state index contributed by atoms with van der Waals surface area (Å²) >= 11 is 0. The molecule has 0 radical (unpaired) electrons. The molecule has 0 aromatic rings. The van der Waals surface area contributed by atoms with Gasteiger partial charge in [-0.1, -0.05) is 0 Å². The van der Waals surface area contributed by atoms with Crippen LogP contribution in [0.15, 0.2) is 0 Å². The van der Waals surface area contributed by atoms with E-state index in [1.807, 2.05) is 13.8 Å². The maximum Gasteiger partial charge on any atom is 0.158 e. The van der Waals surface area contributed by atoms with Crippen LogP contribution in [0.5, 0.6) is 0 Å². The summed E-state index contributed by atoms with van der Waals surface area (Å²) < 4.78 is 10.9. The highest BCUT2D eigenvalue weighted by molar-refractivity contribution is 4.74. The van der Waals surface area contributed by atoms with Crippen molar-refractivity contribution in [3.05, 3.63) is 0 Å². The minimum Gasteiger partial charge on any atom is -0.392 e. The second-order valence-electron chi connectivity index (χ2n) is 3.87. The van der Waals surface area contributed by atoms with Crippen LogP contribution in [0.1, 0.15) is 26.7 Å². The molecule has 1 rings (SSSR count). The predicted molar refractivity (Wildman–Crippen MR) is 58.7 cm³/mol. The summed E-state index contributed by atoms with van der Waals surface area (Å²) in [7, 11) is 0. The normalized spacial score (nSPS) is 22.8. The Hall–Kier alpha value is -0.160. The van der Waals surface area contributed by atoms with Crippen molar-refractivity contribution in [2.24, 2.45) is 0 Å². The molecule has 4 heteroatoms. The molecular formula is C11H23NO3. The molecule has 4 nitrogen and oxygen atoms in total. The monoisotopic (exact) mass is 217 g/mol. The van der Waals surface area contributed by atoms with E-state index in [2.05, 4.69) is 4.90 Å². The van der Waals surface area contributed by atoms with Crippen molar-refractivity contribution >= 4 is 0 Å². The van der Waals surface area contributed by atoms with Gasteiger partial charge < -0.3 is 19.5 Å². The zero-order valence-corrected chi connectivity index (χ0v) is 9.82. The summed E-state index contributed by atoms with van der Waals surface area (Å²) in [5.74, 6) is 0. The van der Waals surface area contributed by atoms with Gasteiger partial charge in [0.2, 0.25) is 0 Å². The number of likely N-dealkylation sites (tertiary alicyclic amines) is 1. The molecule has 0 bridgehead atoms. The SMILES string of the molecule is CCOC(CCN1CC[C@@H](O)C1)OCC. The Balaban J connectivity index is 2.15. The molecule has 0 spiro atoms. The molecular weight excluding hydrogens is 194 g/mol. The largest absolute Gasteiger partial charge is 0.392 e. The molecule has 0 amide bonds. The van der Waals surface area contributed by atoms with Crippen LogP contribution in [-0.4, -0.2) is 55.2 Å². The van der Waals surface area contributed by atoms with Crippen LogP contribution in [0.3, 0.4) is 0 Å². The predicted octanol–water partition coefficient (Wildman–Crippen LogP) is 0.842. The van der Waals surface area contributed by atoms with E-state index in [1.165, 1.54) is 0 Å². The first-order valence-electron chi connectivity index (χ1n) is 5.89. The lowest BCUT2D eigenvalue weighted by molar-refractivity contribution is -0.141. The molecule has 1 fully saturated rings. The Morgan fingerprint density at radius 1 is 1.33 bits per heavy atom. The topological polar surface area (TPSA) is 41.9 Å². The Morgan fingerprint density at radius 2 is 2.00 bits per heavy atom. The van der Waals surface area contributed by atoms with E-state index < -0.39 is 0 Å². The first kappa shape index (κ1) is 12.9. The summed E-state index contributed by atoms with van der Waals surface area (Å²) in [5, 5.41) is 9.37. The molecule has 0 aromatic heterocycles. The fourth-order valence-electron chi connectivity index (χ4n) is 1.89. The average Bonchev–Trinajstić information content (AvgIpc) is 2.61. The summed E-state index contributed by atoms with van der Waals surface area (Å²) in [5.41, 5.74) is 0. The summed E-state index contributed by atoms with van der Waals surface area (Å²) in [6.45, 7) is 8.07. The second-order valence-corrected chi connectivity index (χ2v) is 3.87. The van der Waals surface area contributed by atoms with Crippen molar-refractivity contribution in [1.29, 1.82) is 0 Å². The molecule has 15 heavy (non-hydrogen) atoms. The fraction of sp³-hybridized carbons (Fsp3) is 1.00. The molecule has 0 aromatic carbocycles. The minimum atomic E-state index is -0.136. The zero-order chi connectivity index (χ0) is 11.1. The quantitative estimate of drug-likeness (QED) is 0.642. The number of aliphatic hydroxyl groups is 1. The zero-order valence-electron chi connectivity index (χ0n) is 9.82. The number of rotatable bonds is 7. The first-order valence-corrected chi connectivity index (χ1v) is 5.89. The molecule has 90 valence electrons. The standard InChI is InChI=1S/C11H23NO3/c1-3-14-11(15-4-2)6-8-12-7-5-10(13)9-12/h10-11,13H,3-9H2,1-2H3/t10-/m1/s1. The molecule has 1 N–H and O–H groups in total. The van der Waals surface area contributed by atoms with Gasteiger partial charge in [-0.15, -0.1) is 0 Å². The van der Waals surface area contributed by atoms with Crippen LogP contribution in [0.25, 0.3) is 0 Å². The molecule has 1 heterocycles. The van der Waals surface area contributed by atoms with E-state index in [9.17, 15) is 5.11 Å². The van der Waals surface area contributed by atoms with E-state index in [0.29, 0.717) is 13.2 Å². The van der Waals surface area contributed by atoms with E-state index in [-0.39, 0.29) is 12.4 Å². The van der Waals surface area contributed by atoms with Crippen molar-refractivity contribution in [3.8, 4) is 0 Å². The molecule has 1 atom stereocenters. The van der Waals surface area contributed by atoms with Crippen molar-refractivity contribution in [2.45, 2.75) is 39.1 Å². The third kappa shape index (κ3) is 4.93. The van der Waals surface area contributed by atoms with E-state index in [1.54, 1.807) is 0 Å². The lowest BCUT2D eigenvalue weighted by atomic mass is 10.3. The molecule has 0 aliphatic carbocycles. The van der Waals surface area contributed by atoms with Gasteiger partial charge in [0.25, 0.3) is 0 Å².